The van der Waals surface area contributed by atoms with Crippen LogP contribution >= 0.6 is 0 Å². The highest BCUT2D eigenvalue weighted by molar-refractivity contribution is 4.86. The lowest BCUT2D eigenvalue weighted by Crippen LogP contribution is -2.11. The first-order valence-corrected chi connectivity index (χ1v) is 4.00. The number of aromatic nitrogens is 3. The van der Waals surface area contributed by atoms with Crippen LogP contribution in [0.15, 0.2) is 6.33 Å². The van der Waals surface area contributed by atoms with E-state index in [1.54, 1.807) is 6.33 Å². The first kappa shape index (κ1) is 6.79. The van der Waals surface area contributed by atoms with Crippen molar-refractivity contribution in [3.8, 4) is 0 Å². The van der Waals surface area contributed by atoms with Crippen molar-refractivity contribution in [3.63, 3.8) is 0 Å². The normalized spacial score (nSPS) is 24.2. The Bertz CT molecular complexity index is 200. The number of aromatic amines is 1. The zero-order valence-electron chi connectivity index (χ0n) is 6.38. The van der Waals surface area contributed by atoms with Crippen LogP contribution in [0, 0.1) is 5.92 Å². The summed E-state index contributed by atoms with van der Waals surface area (Å²) >= 11 is 0. The summed E-state index contributed by atoms with van der Waals surface area (Å²) in [6.45, 7) is 2.28. The molecule has 1 aliphatic heterocycles. The van der Waals surface area contributed by atoms with E-state index in [2.05, 4.69) is 20.5 Å². The number of H-pyrrole nitrogens is 1. The Morgan fingerprint density at radius 1 is 1.64 bits per heavy atom. The van der Waals surface area contributed by atoms with Gasteiger partial charge in [-0.3, -0.25) is 5.10 Å². The van der Waals surface area contributed by atoms with Crippen molar-refractivity contribution < 1.29 is 0 Å². The molecule has 0 saturated carbocycles. The molecular formula is C7H12N4. The van der Waals surface area contributed by atoms with Gasteiger partial charge in [-0.15, -0.1) is 0 Å². The Kier molecular flexibility index (Phi) is 1.85. The smallest absolute Gasteiger partial charge is 0.137 e. The fraction of sp³-hybridized carbons (Fsp3) is 0.714. The highest BCUT2D eigenvalue weighted by atomic mass is 15.2. The number of nitrogens with one attached hydrogen (secondary N) is 2. The van der Waals surface area contributed by atoms with Crippen molar-refractivity contribution in [1.29, 1.82) is 0 Å². The molecule has 2 rings (SSSR count). The van der Waals surface area contributed by atoms with Crippen molar-refractivity contribution >= 4 is 0 Å². The van der Waals surface area contributed by atoms with Gasteiger partial charge in [-0.1, -0.05) is 0 Å². The van der Waals surface area contributed by atoms with Gasteiger partial charge >= 0.3 is 0 Å². The molecule has 0 bridgehead atoms. The van der Waals surface area contributed by atoms with E-state index in [0.29, 0.717) is 0 Å². The van der Waals surface area contributed by atoms with E-state index in [0.717, 1.165) is 31.3 Å². The monoisotopic (exact) mass is 152 g/mol. The number of hydrogen-bond donors (Lipinski definition) is 2. The van der Waals surface area contributed by atoms with Crippen LogP contribution < -0.4 is 5.32 Å². The minimum atomic E-state index is 0.753. The maximum atomic E-state index is 4.09. The molecule has 0 aromatic carbocycles. The molecule has 60 valence electrons. The molecule has 4 heteroatoms. The Hall–Kier alpha value is -0.900. The number of hydrogen-bond acceptors (Lipinski definition) is 3. The van der Waals surface area contributed by atoms with Crippen molar-refractivity contribution in [3.05, 3.63) is 12.2 Å². The van der Waals surface area contributed by atoms with E-state index in [1.165, 1.54) is 6.42 Å². The minimum Gasteiger partial charge on any atom is -0.316 e. The summed E-state index contributed by atoms with van der Waals surface area (Å²) in [4.78, 5) is 4.09. The molecule has 0 aliphatic carbocycles. The van der Waals surface area contributed by atoms with Crippen LogP contribution in [-0.4, -0.2) is 28.3 Å². The average Bonchev–Trinajstić information content (AvgIpc) is 2.60. The molecule has 1 aliphatic rings. The lowest BCUT2D eigenvalue weighted by atomic mass is 10.1. The molecule has 1 aromatic heterocycles. The van der Waals surface area contributed by atoms with E-state index in [-0.39, 0.29) is 0 Å². The third-order valence-corrected chi connectivity index (χ3v) is 2.11. The first-order valence-electron chi connectivity index (χ1n) is 4.00. The van der Waals surface area contributed by atoms with Crippen molar-refractivity contribution in [1.82, 2.24) is 20.5 Å². The molecule has 1 aromatic rings. The zero-order chi connectivity index (χ0) is 7.52. The van der Waals surface area contributed by atoms with Crippen molar-refractivity contribution in [2.75, 3.05) is 13.1 Å². The fourth-order valence-electron chi connectivity index (χ4n) is 1.49. The summed E-state index contributed by atoms with van der Waals surface area (Å²) in [6.07, 6.45) is 3.87. The molecule has 1 atom stereocenters. The predicted molar refractivity (Wildman–Crippen MR) is 41.1 cm³/mol. The lowest BCUT2D eigenvalue weighted by Gasteiger charge is -2.02. The summed E-state index contributed by atoms with van der Waals surface area (Å²) in [6, 6.07) is 0. The van der Waals surface area contributed by atoms with Gasteiger partial charge in [-0.2, -0.15) is 5.10 Å². The molecule has 1 saturated heterocycles. The third-order valence-electron chi connectivity index (χ3n) is 2.11. The molecular weight excluding hydrogens is 140 g/mol. The molecule has 0 radical (unpaired) electrons. The van der Waals surface area contributed by atoms with Gasteiger partial charge in [-0.05, 0) is 25.4 Å². The van der Waals surface area contributed by atoms with Crippen molar-refractivity contribution in [2.24, 2.45) is 5.92 Å². The van der Waals surface area contributed by atoms with Gasteiger partial charge in [0.15, 0.2) is 0 Å². The Labute approximate surface area is 65.4 Å². The second kappa shape index (κ2) is 3.00. The van der Waals surface area contributed by atoms with Gasteiger partial charge in [0.2, 0.25) is 0 Å². The molecule has 0 amide bonds. The minimum absolute atomic E-state index is 0.753. The Balaban J connectivity index is 1.90. The van der Waals surface area contributed by atoms with E-state index in [4.69, 9.17) is 0 Å². The van der Waals surface area contributed by atoms with Crippen LogP contribution in [0.1, 0.15) is 12.2 Å². The standard InChI is InChI=1S/C7H12N4/c1-2-8-4-6(1)3-7-9-5-10-11-7/h5-6,8H,1-4H2,(H,9,10,11). The summed E-state index contributed by atoms with van der Waals surface area (Å²) in [5.74, 6) is 1.77. The summed E-state index contributed by atoms with van der Waals surface area (Å²) < 4.78 is 0. The quantitative estimate of drug-likeness (QED) is 0.625. The molecule has 4 nitrogen and oxygen atoms in total. The number of nitrogens with zero attached hydrogens (tertiary/aromatic N) is 2. The molecule has 11 heavy (non-hydrogen) atoms. The van der Waals surface area contributed by atoms with Crippen LogP contribution in [0.25, 0.3) is 0 Å². The first-order chi connectivity index (χ1) is 5.45. The summed E-state index contributed by atoms with van der Waals surface area (Å²) in [7, 11) is 0. The second-order valence-corrected chi connectivity index (χ2v) is 3.00. The SMILES string of the molecule is c1n[nH]c(CC2CCNC2)n1. The maximum Gasteiger partial charge on any atom is 0.137 e. The summed E-state index contributed by atoms with van der Waals surface area (Å²) in [5.41, 5.74) is 0. The third kappa shape index (κ3) is 1.57. The molecule has 1 unspecified atom stereocenters. The summed E-state index contributed by atoms with van der Waals surface area (Å²) in [5, 5.41) is 10.0. The lowest BCUT2D eigenvalue weighted by molar-refractivity contribution is 0.563. The molecule has 1 fully saturated rings. The molecule has 2 N–H and O–H groups in total. The topological polar surface area (TPSA) is 53.6 Å². The maximum absolute atomic E-state index is 4.09. The molecule has 0 spiro atoms. The molecule has 2 heterocycles. The van der Waals surface area contributed by atoms with Gasteiger partial charge in [0, 0.05) is 6.42 Å². The van der Waals surface area contributed by atoms with Crippen LogP contribution in [0.4, 0.5) is 0 Å². The van der Waals surface area contributed by atoms with Crippen LogP contribution in [-0.2, 0) is 6.42 Å². The Morgan fingerprint density at radius 3 is 3.27 bits per heavy atom. The van der Waals surface area contributed by atoms with Gasteiger partial charge in [0.05, 0.1) is 0 Å². The van der Waals surface area contributed by atoms with Gasteiger partial charge in [0.1, 0.15) is 12.2 Å². The average molecular weight is 152 g/mol. The van der Waals surface area contributed by atoms with Gasteiger partial charge in [-0.25, -0.2) is 4.98 Å². The second-order valence-electron chi connectivity index (χ2n) is 3.00. The van der Waals surface area contributed by atoms with Crippen molar-refractivity contribution in [2.45, 2.75) is 12.8 Å². The largest absolute Gasteiger partial charge is 0.316 e. The van der Waals surface area contributed by atoms with E-state index in [1.807, 2.05) is 0 Å². The number of rotatable bonds is 2. The van der Waals surface area contributed by atoms with Crippen LogP contribution in [0.2, 0.25) is 0 Å². The predicted octanol–water partition coefficient (Wildman–Crippen LogP) is -0.0433. The Morgan fingerprint density at radius 2 is 2.64 bits per heavy atom. The highest BCUT2D eigenvalue weighted by Gasteiger charge is 2.15. The fourth-order valence-corrected chi connectivity index (χ4v) is 1.49. The van der Waals surface area contributed by atoms with Gasteiger partial charge in [0.25, 0.3) is 0 Å². The van der Waals surface area contributed by atoms with E-state index >= 15 is 0 Å². The van der Waals surface area contributed by atoms with E-state index in [9.17, 15) is 0 Å². The van der Waals surface area contributed by atoms with Gasteiger partial charge < -0.3 is 5.32 Å². The van der Waals surface area contributed by atoms with E-state index < -0.39 is 0 Å². The van der Waals surface area contributed by atoms with Crippen LogP contribution in [0.3, 0.4) is 0 Å². The van der Waals surface area contributed by atoms with Crippen LogP contribution in [0.5, 0.6) is 0 Å². The zero-order valence-corrected chi connectivity index (χ0v) is 6.38. The highest BCUT2D eigenvalue weighted by Crippen LogP contribution is 2.11.